The summed E-state index contributed by atoms with van der Waals surface area (Å²) in [5.41, 5.74) is 0.944. The quantitative estimate of drug-likeness (QED) is 0.823. The second kappa shape index (κ2) is 5.18. The van der Waals surface area contributed by atoms with Crippen LogP contribution in [0, 0.1) is 0 Å². The lowest BCUT2D eigenvalue weighted by Crippen LogP contribution is -2.58. The minimum atomic E-state index is -0.974. The van der Waals surface area contributed by atoms with Gasteiger partial charge in [-0.2, -0.15) is 0 Å². The van der Waals surface area contributed by atoms with Crippen molar-refractivity contribution in [2.75, 3.05) is 13.1 Å². The number of nitrogens with one attached hydrogen (secondary N) is 1. The molecule has 0 spiro atoms. The van der Waals surface area contributed by atoms with Crippen molar-refractivity contribution in [2.24, 2.45) is 0 Å². The number of amides is 1. The number of carboxylic acid groups (broad SMARTS) is 1. The van der Waals surface area contributed by atoms with Crippen molar-refractivity contribution in [3.05, 3.63) is 35.9 Å². The number of aliphatic carboxylic acids is 1. The molecule has 1 amide bonds. The molecule has 2 unspecified atom stereocenters. The smallest absolute Gasteiger partial charge is 0.327 e. The largest absolute Gasteiger partial charge is 0.480 e. The molecule has 0 aromatic heterocycles. The SMILES string of the molecule is CC(c1ccccc1)N1C(=O)CNCC1C(=O)O. The number of carboxylic acids is 1. The Hall–Kier alpha value is -1.88. The van der Waals surface area contributed by atoms with Crippen LogP contribution in [0.15, 0.2) is 30.3 Å². The van der Waals surface area contributed by atoms with Gasteiger partial charge in [0.25, 0.3) is 0 Å². The average molecular weight is 248 g/mol. The third kappa shape index (κ3) is 2.36. The summed E-state index contributed by atoms with van der Waals surface area (Å²) in [6.07, 6.45) is 0. The van der Waals surface area contributed by atoms with Crippen LogP contribution in [-0.2, 0) is 9.59 Å². The molecule has 1 aromatic rings. The maximum absolute atomic E-state index is 11.9. The highest BCUT2D eigenvalue weighted by molar-refractivity contribution is 5.86. The predicted molar refractivity (Wildman–Crippen MR) is 66.0 cm³/mol. The lowest BCUT2D eigenvalue weighted by atomic mass is 10.0. The van der Waals surface area contributed by atoms with E-state index in [-0.39, 0.29) is 25.0 Å². The molecular formula is C13H16N2O3. The van der Waals surface area contributed by atoms with Gasteiger partial charge in [-0.3, -0.25) is 4.79 Å². The number of nitrogens with zero attached hydrogens (tertiary/aromatic N) is 1. The van der Waals surface area contributed by atoms with Gasteiger partial charge in [-0.05, 0) is 12.5 Å². The summed E-state index contributed by atoms with van der Waals surface area (Å²) in [6.45, 7) is 2.34. The molecule has 5 heteroatoms. The van der Waals surface area contributed by atoms with Crippen LogP contribution < -0.4 is 5.32 Å². The second-order valence-electron chi connectivity index (χ2n) is 4.37. The normalized spacial score (nSPS) is 21.7. The Balaban J connectivity index is 2.27. The number of benzene rings is 1. The van der Waals surface area contributed by atoms with Gasteiger partial charge in [0.05, 0.1) is 12.6 Å². The van der Waals surface area contributed by atoms with Crippen molar-refractivity contribution in [2.45, 2.75) is 19.0 Å². The van der Waals surface area contributed by atoms with Crippen molar-refractivity contribution in [1.29, 1.82) is 0 Å². The molecule has 0 radical (unpaired) electrons. The van der Waals surface area contributed by atoms with Crippen LogP contribution in [0.1, 0.15) is 18.5 Å². The van der Waals surface area contributed by atoms with Gasteiger partial charge < -0.3 is 15.3 Å². The fourth-order valence-electron chi connectivity index (χ4n) is 2.26. The molecule has 0 bridgehead atoms. The van der Waals surface area contributed by atoms with Crippen molar-refractivity contribution in [1.82, 2.24) is 10.2 Å². The molecule has 1 fully saturated rings. The first kappa shape index (κ1) is 12.6. The van der Waals surface area contributed by atoms with Crippen LogP contribution in [-0.4, -0.2) is 41.0 Å². The fraction of sp³-hybridized carbons (Fsp3) is 0.385. The summed E-state index contributed by atoms with van der Waals surface area (Å²) in [5.74, 6) is -1.15. The monoisotopic (exact) mass is 248 g/mol. The van der Waals surface area contributed by atoms with E-state index < -0.39 is 12.0 Å². The predicted octanol–water partition coefficient (Wildman–Crippen LogP) is 0.633. The van der Waals surface area contributed by atoms with E-state index >= 15 is 0 Å². The Morgan fingerprint density at radius 2 is 2.11 bits per heavy atom. The Kier molecular flexibility index (Phi) is 3.62. The molecule has 1 heterocycles. The molecule has 18 heavy (non-hydrogen) atoms. The standard InChI is InChI=1S/C13H16N2O3/c1-9(10-5-3-2-4-6-10)15-11(13(17)18)7-14-8-12(15)16/h2-6,9,11,14H,7-8H2,1H3,(H,17,18). The fourth-order valence-corrected chi connectivity index (χ4v) is 2.26. The molecule has 0 saturated carbocycles. The summed E-state index contributed by atoms with van der Waals surface area (Å²) < 4.78 is 0. The molecule has 2 rings (SSSR count). The Labute approximate surface area is 105 Å². The Morgan fingerprint density at radius 3 is 2.72 bits per heavy atom. The zero-order valence-electron chi connectivity index (χ0n) is 10.2. The Bertz CT molecular complexity index is 447. The highest BCUT2D eigenvalue weighted by atomic mass is 16.4. The van der Waals surface area contributed by atoms with Crippen molar-refractivity contribution in [3.8, 4) is 0 Å². The third-order valence-corrected chi connectivity index (χ3v) is 3.22. The molecule has 0 aliphatic carbocycles. The summed E-state index contributed by atoms with van der Waals surface area (Å²) in [5, 5.41) is 12.0. The number of piperazine rings is 1. The van der Waals surface area contributed by atoms with E-state index in [9.17, 15) is 14.7 Å². The van der Waals surface area contributed by atoms with Gasteiger partial charge in [0.1, 0.15) is 6.04 Å². The van der Waals surface area contributed by atoms with Crippen molar-refractivity contribution in [3.63, 3.8) is 0 Å². The van der Waals surface area contributed by atoms with Gasteiger partial charge in [0, 0.05) is 6.54 Å². The highest BCUT2D eigenvalue weighted by Crippen LogP contribution is 2.23. The van der Waals surface area contributed by atoms with Crippen LogP contribution in [0.2, 0.25) is 0 Å². The second-order valence-corrected chi connectivity index (χ2v) is 4.37. The first-order valence-corrected chi connectivity index (χ1v) is 5.91. The van der Waals surface area contributed by atoms with Crippen molar-refractivity contribution >= 4 is 11.9 Å². The molecule has 1 saturated heterocycles. The van der Waals surface area contributed by atoms with E-state index in [1.807, 2.05) is 37.3 Å². The van der Waals surface area contributed by atoms with Gasteiger partial charge in [-0.25, -0.2) is 4.79 Å². The van der Waals surface area contributed by atoms with Gasteiger partial charge in [-0.1, -0.05) is 30.3 Å². The number of carbonyl (C=O) groups excluding carboxylic acids is 1. The number of hydrogen-bond acceptors (Lipinski definition) is 3. The number of rotatable bonds is 3. The summed E-state index contributed by atoms with van der Waals surface area (Å²) >= 11 is 0. The molecule has 1 aliphatic rings. The van der Waals surface area contributed by atoms with E-state index in [0.717, 1.165) is 5.56 Å². The average Bonchev–Trinajstić information content (AvgIpc) is 2.38. The minimum Gasteiger partial charge on any atom is -0.480 e. The minimum absolute atomic E-state index is 0.176. The highest BCUT2D eigenvalue weighted by Gasteiger charge is 2.36. The van der Waals surface area contributed by atoms with E-state index in [2.05, 4.69) is 5.32 Å². The first-order chi connectivity index (χ1) is 8.61. The van der Waals surface area contributed by atoms with Crippen LogP contribution >= 0.6 is 0 Å². The molecule has 1 aliphatic heterocycles. The van der Waals surface area contributed by atoms with Gasteiger partial charge in [0.2, 0.25) is 5.91 Å². The molecule has 96 valence electrons. The summed E-state index contributed by atoms with van der Waals surface area (Å²) in [4.78, 5) is 24.6. The zero-order valence-corrected chi connectivity index (χ0v) is 10.2. The topological polar surface area (TPSA) is 69.6 Å². The maximum Gasteiger partial charge on any atom is 0.327 e. The summed E-state index contributed by atoms with van der Waals surface area (Å²) in [7, 11) is 0. The maximum atomic E-state index is 11.9. The zero-order chi connectivity index (χ0) is 13.1. The van der Waals surface area contributed by atoms with Crippen LogP contribution in [0.3, 0.4) is 0 Å². The van der Waals surface area contributed by atoms with Gasteiger partial charge in [0.15, 0.2) is 0 Å². The molecular weight excluding hydrogens is 232 g/mol. The van der Waals surface area contributed by atoms with E-state index in [0.29, 0.717) is 0 Å². The van der Waals surface area contributed by atoms with Crippen molar-refractivity contribution < 1.29 is 14.7 Å². The molecule has 5 nitrogen and oxygen atoms in total. The van der Waals surface area contributed by atoms with Gasteiger partial charge >= 0.3 is 5.97 Å². The van der Waals surface area contributed by atoms with Crippen LogP contribution in [0.5, 0.6) is 0 Å². The molecule has 2 atom stereocenters. The third-order valence-electron chi connectivity index (χ3n) is 3.22. The van der Waals surface area contributed by atoms with E-state index in [4.69, 9.17) is 0 Å². The lowest BCUT2D eigenvalue weighted by molar-refractivity contribution is -0.154. The lowest BCUT2D eigenvalue weighted by Gasteiger charge is -2.38. The Morgan fingerprint density at radius 1 is 1.44 bits per heavy atom. The van der Waals surface area contributed by atoms with Gasteiger partial charge in [-0.15, -0.1) is 0 Å². The number of hydrogen-bond donors (Lipinski definition) is 2. The molecule has 1 aromatic carbocycles. The van der Waals surface area contributed by atoms with E-state index in [1.54, 1.807) is 0 Å². The van der Waals surface area contributed by atoms with Crippen LogP contribution in [0.25, 0.3) is 0 Å². The first-order valence-electron chi connectivity index (χ1n) is 5.91. The number of carbonyl (C=O) groups is 2. The molecule has 2 N–H and O–H groups in total. The summed E-state index contributed by atoms with van der Waals surface area (Å²) in [6, 6.07) is 8.42. The van der Waals surface area contributed by atoms with Crippen LogP contribution in [0.4, 0.5) is 0 Å². The van der Waals surface area contributed by atoms with E-state index in [1.165, 1.54) is 4.90 Å².